The van der Waals surface area contributed by atoms with Gasteiger partial charge in [0.25, 0.3) is 0 Å². The van der Waals surface area contributed by atoms with Crippen molar-refractivity contribution in [3.8, 4) is 22.8 Å². The van der Waals surface area contributed by atoms with Crippen molar-refractivity contribution in [3.63, 3.8) is 0 Å². The van der Waals surface area contributed by atoms with E-state index in [9.17, 15) is 4.39 Å². The summed E-state index contributed by atoms with van der Waals surface area (Å²) in [6, 6.07) is 12.7. The van der Waals surface area contributed by atoms with E-state index >= 15 is 0 Å². The number of hydrogen-bond donors (Lipinski definition) is 0. The number of rotatable bonds is 2. The summed E-state index contributed by atoms with van der Waals surface area (Å²) in [5.74, 6) is 0.346. The van der Waals surface area contributed by atoms with Gasteiger partial charge in [-0.05, 0) is 56.9 Å². The molecule has 0 saturated carbocycles. The highest BCUT2D eigenvalue weighted by molar-refractivity contribution is 5.67. The molecule has 25 heavy (non-hydrogen) atoms. The van der Waals surface area contributed by atoms with Gasteiger partial charge in [-0.2, -0.15) is 0 Å². The van der Waals surface area contributed by atoms with Crippen molar-refractivity contribution in [1.82, 2.24) is 15.0 Å². The van der Waals surface area contributed by atoms with Crippen LogP contribution in [-0.4, -0.2) is 15.0 Å². The lowest BCUT2D eigenvalue weighted by molar-refractivity contribution is 0.630. The molecule has 3 aromatic rings. The van der Waals surface area contributed by atoms with E-state index < -0.39 is 0 Å². The summed E-state index contributed by atoms with van der Waals surface area (Å²) in [6.07, 6.45) is 5.20. The third-order valence-corrected chi connectivity index (χ3v) is 4.68. The van der Waals surface area contributed by atoms with Crippen LogP contribution in [0.2, 0.25) is 0 Å². The summed E-state index contributed by atoms with van der Waals surface area (Å²) in [6.45, 7) is 1.95. The van der Waals surface area contributed by atoms with Crippen LogP contribution in [0.25, 0.3) is 22.8 Å². The van der Waals surface area contributed by atoms with Gasteiger partial charge in [-0.25, -0.2) is 19.3 Å². The van der Waals surface area contributed by atoms with Crippen molar-refractivity contribution in [2.45, 2.75) is 39.0 Å². The molecule has 2 aromatic heterocycles. The molecule has 0 bridgehead atoms. The maximum Gasteiger partial charge on any atom is 0.178 e. The van der Waals surface area contributed by atoms with E-state index in [1.165, 1.54) is 12.5 Å². The second-order valence-electron chi connectivity index (χ2n) is 6.53. The number of halogens is 1. The van der Waals surface area contributed by atoms with Crippen LogP contribution in [0.1, 0.15) is 36.2 Å². The molecule has 0 spiro atoms. The highest BCUT2D eigenvalue weighted by Crippen LogP contribution is 2.32. The van der Waals surface area contributed by atoms with Gasteiger partial charge >= 0.3 is 0 Å². The Morgan fingerprint density at radius 2 is 1.68 bits per heavy atom. The minimum absolute atomic E-state index is 0.240. The Kier molecular flexibility index (Phi) is 4.26. The molecule has 4 heteroatoms. The zero-order valence-electron chi connectivity index (χ0n) is 14.3. The molecule has 0 radical (unpaired) electrons. The number of aromatic nitrogens is 3. The van der Waals surface area contributed by atoms with Gasteiger partial charge in [-0.1, -0.05) is 24.6 Å². The van der Waals surface area contributed by atoms with Crippen molar-refractivity contribution < 1.29 is 4.39 Å². The summed E-state index contributed by atoms with van der Waals surface area (Å²) in [5.41, 5.74) is 5.08. The molecule has 126 valence electrons. The molecule has 3 nitrogen and oxygen atoms in total. The van der Waals surface area contributed by atoms with E-state index in [2.05, 4.69) is 4.98 Å². The minimum atomic E-state index is -0.240. The average molecular weight is 333 g/mol. The van der Waals surface area contributed by atoms with Crippen molar-refractivity contribution in [3.05, 3.63) is 65.2 Å². The zero-order chi connectivity index (χ0) is 17.2. The van der Waals surface area contributed by atoms with E-state index in [1.54, 1.807) is 12.1 Å². The number of fused-ring (bicyclic) bond motifs is 1. The van der Waals surface area contributed by atoms with Gasteiger partial charge in [-0.15, -0.1) is 0 Å². The molecule has 0 unspecified atom stereocenters. The Morgan fingerprint density at radius 1 is 0.840 bits per heavy atom. The molecule has 0 amide bonds. The van der Waals surface area contributed by atoms with Crippen LogP contribution < -0.4 is 0 Å². The molecule has 4 rings (SSSR count). The highest BCUT2D eigenvalue weighted by Gasteiger charge is 2.20. The number of aryl methyl sites for hydroxylation is 2. The van der Waals surface area contributed by atoms with Crippen LogP contribution >= 0.6 is 0 Å². The standard InChI is InChI=1S/C21H20FN3/c1-14-8-7-13-19(23-14)21-24-18-12-4-2-3-10-16(18)20(25-21)15-9-5-6-11-17(15)22/h5-9,11,13H,2-4,10,12H2,1H3. The van der Waals surface area contributed by atoms with Gasteiger partial charge in [-0.3, -0.25) is 0 Å². The average Bonchev–Trinajstić information content (AvgIpc) is 2.87. The maximum absolute atomic E-state index is 14.5. The van der Waals surface area contributed by atoms with Crippen molar-refractivity contribution >= 4 is 0 Å². The fraction of sp³-hybridized carbons (Fsp3) is 0.286. The second kappa shape index (κ2) is 6.71. The first-order valence-corrected chi connectivity index (χ1v) is 8.81. The number of benzene rings is 1. The number of hydrogen-bond acceptors (Lipinski definition) is 3. The van der Waals surface area contributed by atoms with E-state index in [1.807, 2.05) is 31.2 Å². The quantitative estimate of drug-likeness (QED) is 0.625. The van der Waals surface area contributed by atoms with Crippen molar-refractivity contribution in [2.24, 2.45) is 0 Å². The van der Waals surface area contributed by atoms with Gasteiger partial charge < -0.3 is 0 Å². The molecule has 0 N–H and O–H groups in total. The van der Waals surface area contributed by atoms with E-state index in [4.69, 9.17) is 9.97 Å². The van der Waals surface area contributed by atoms with E-state index in [0.717, 1.165) is 54.0 Å². The molecule has 0 aliphatic heterocycles. The van der Waals surface area contributed by atoms with E-state index in [-0.39, 0.29) is 5.82 Å². The Balaban J connectivity index is 1.95. The smallest absolute Gasteiger partial charge is 0.178 e. The summed E-state index contributed by atoms with van der Waals surface area (Å²) < 4.78 is 14.5. The third-order valence-electron chi connectivity index (χ3n) is 4.68. The first-order chi connectivity index (χ1) is 12.2. The molecule has 1 aliphatic carbocycles. The van der Waals surface area contributed by atoms with Crippen LogP contribution in [0.15, 0.2) is 42.5 Å². The second-order valence-corrected chi connectivity index (χ2v) is 6.53. The molecular weight excluding hydrogens is 313 g/mol. The zero-order valence-corrected chi connectivity index (χ0v) is 14.3. The lowest BCUT2D eigenvalue weighted by atomic mass is 10.00. The third kappa shape index (κ3) is 3.16. The summed E-state index contributed by atoms with van der Waals surface area (Å²) in [4.78, 5) is 14.1. The summed E-state index contributed by atoms with van der Waals surface area (Å²) in [5, 5.41) is 0. The van der Waals surface area contributed by atoms with Crippen LogP contribution in [0.3, 0.4) is 0 Å². The Labute approximate surface area is 147 Å². The molecule has 1 aliphatic rings. The SMILES string of the molecule is Cc1cccc(-c2nc3c(c(-c4ccccc4F)n2)CCCCC3)n1. The monoisotopic (exact) mass is 333 g/mol. The lowest BCUT2D eigenvalue weighted by Crippen LogP contribution is -2.06. The van der Waals surface area contributed by atoms with Crippen molar-refractivity contribution in [1.29, 1.82) is 0 Å². The molecule has 0 atom stereocenters. The molecule has 0 saturated heterocycles. The Morgan fingerprint density at radius 3 is 2.52 bits per heavy atom. The molecule has 0 fully saturated rings. The number of nitrogens with zero attached hydrogens (tertiary/aromatic N) is 3. The van der Waals surface area contributed by atoms with Crippen molar-refractivity contribution in [2.75, 3.05) is 0 Å². The maximum atomic E-state index is 14.5. The van der Waals surface area contributed by atoms with Gasteiger partial charge in [0.2, 0.25) is 0 Å². The Hall–Kier alpha value is -2.62. The summed E-state index contributed by atoms with van der Waals surface area (Å²) >= 11 is 0. The first-order valence-electron chi connectivity index (χ1n) is 8.81. The van der Waals surface area contributed by atoms with Crippen LogP contribution in [0.5, 0.6) is 0 Å². The largest absolute Gasteiger partial charge is 0.250 e. The minimum Gasteiger partial charge on any atom is -0.250 e. The normalized spacial score (nSPS) is 14.0. The van der Waals surface area contributed by atoms with Crippen LogP contribution in [0, 0.1) is 12.7 Å². The predicted octanol–water partition coefficient (Wildman–Crippen LogP) is 4.92. The number of pyridine rings is 1. The fourth-order valence-corrected chi connectivity index (χ4v) is 3.43. The topological polar surface area (TPSA) is 38.7 Å². The Bertz CT molecular complexity index is 921. The predicted molar refractivity (Wildman–Crippen MR) is 96.7 cm³/mol. The van der Waals surface area contributed by atoms with Gasteiger partial charge in [0, 0.05) is 22.5 Å². The van der Waals surface area contributed by atoms with Gasteiger partial charge in [0.15, 0.2) is 5.82 Å². The highest BCUT2D eigenvalue weighted by atomic mass is 19.1. The van der Waals surface area contributed by atoms with Crippen LogP contribution in [0.4, 0.5) is 4.39 Å². The molecule has 1 aromatic carbocycles. The molecule has 2 heterocycles. The van der Waals surface area contributed by atoms with E-state index in [0.29, 0.717) is 11.4 Å². The fourth-order valence-electron chi connectivity index (χ4n) is 3.43. The van der Waals surface area contributed by atoms with Gasteiger partial charge in [0.05, 0.1) is 5.69 Å². The van der Waals surface area contributed by atoms with Gasteiger partial charge in [0.1, 0.15) is 11.5 Å². The first kappa shape index (κ1) is 15.9. The summed E-state index contributed by atoms with van der Waals surface area (Å²) in [7, 11) is 0. The molecular formula is C21H20FN3. The lowest BCUT2D eigenvalue weighted by Gasteiger charge is -2.14. The van der Waals surface area contributed by atoms with Crippen LogP contribution in [-0.2, 0) is 12.8 Å².